The predicted molar refractivity (Wildman–Crippen MR) is 53.4 cm³/mol. The summed E-state index contributed by atoms with van der Waals surface area (Å²) in [6, 6.07) is 0. The van der Waals surface area contributed by atoms with E-state index < -0.39 is 11.0 Å². The van der Waals surface area contributed by atoms with Gasteiger partial charge >= 0.3 is 0 Å². The molecule has 0 saturated carbocycles. The summed E-state index contributed by atoms with van der Waals surface area (Å²) in [5.74, 6) is 0.0506. The van der Waals surface area contributed by atoms with Crippen molar-refractivity contribution in [3.63, 3.8) is 0 Å². The molecule has 3 heteroatoms. The van der Waals surface area contributed by atoms with Gasteiger partial charge in [0.25, 0.3) is 0 Å². The topological polar surface area (TPSA) is 40.5 Å². The smallest absolute Gasteiger partial charge is 0.227 e. The molecule has 0 aliphatic carbocycles. The first-order valence-electron chi connectivity index (χ1n) is 4.50. The van der Waals surface area contributed by atoms with Crippen molar-refractivity contribution in [2.24, 2.45) is 5.41 Å². The Balaban J connectivity index is 4.49. The molecule has 13 heavy (non-hydrogen) atoms. The fourth-order valence-corrected chi connectivity index (χ4v) is 1.76. The van der Waals surface area contributed by atoms with Crippen molar-refractivity contribution in [2.75, 3.05) is 14.1 Å². The van der Waals surface area contributed by atoms with Crippen molar-refractivity contribution in [1.29, 1.82) is 0 Å². The van der Waals surface area contributed by atoms with Gasteiger partial charge in [0, 0.05) is 19.5 Å². The van der Waals surface area contributed by atoms with Crippen molar-refractivity contribution < 1.29 is 9.90 Å². The number of nitrogens with zero attached hydrogens (tertiary/aromatic N) is 1. The van der Waals surface area contributed by atoms with E-state index in [0.717, 1.165) is 0 Å². The van der Waals surface area contributed by atoms with E-state index in [0.29, 0.717) is 6.42 Å². The second-order valence-corrected chi connectivity index (χ2v) is 5.07. The van der Waals surface area contributed by atoms with Gasteiger partial charge in [0.05, 0.1) is 5.60 Å². The molecule has 0 atom stereocenters. The largest absolute Gasteiger partial charge is 0.390 e. The first-order chi connectivity index (χ1) is 5.56. The second kappa shape index (κ2) is 3.66. The number of aliphatic hydroxyl groups is 1. The molecular formula is C10H21NO2. The van der Waals surface area contributed by atoms with E-state index in [2.05, 4.69) is 0 Å². The van der Waals surface area contributed by atoms with Crippen LogP contribution in [0.25, 0.3) is 0 Å². The second-order valence-electron chi connectivity index (χ2n) is 5.07. The molecule has 0 fully saturated rings. The molecule has 0 aliphatic rings. The first kappa shape index (κ1) is 12.4. The molecular weight excluding hydrogens is 166 g/mol. The van der Waals surface area contributed by atoms with Crippen LogP contribution >= 0.6 is 0 Å². The van der Waals surface area contributed by atoms with Crippen LogP contribution < -0.4 is 0 Å². The molecule has 0 bridgehead atoms. The number of rotatable bonds is 3. The van der Waals surface area contributed by atoms with E-state index in [1.54, 1.807) is 32.8 Å². The zero-order valence-corrected chi connectivity index (χ0v) is 9.51. The molecule has 3 nitrogen and oxygen atoms in total. The molecule has 1 amide bonds. The minimum Gasteiger partial charge on any atom is -0.390 e. The highest BCUT2D eigenvalue weighted by Crippen LogP contribution is 2.29. The molecule has 0 saturated heterocycles. The Morgan fingerprint density at radius 3 is 1.85 bits per heavy atom. The molecule has 0 aromatic heterocycles. The number of hydrogen-bond acceptors (Lipinski definition) is 2. The van der Waals surface area contributed by atoms with Gasteiger partial charge < -0.3 is 10.0 Å². The summed E-state index contributed by atoms with van der Waals surface area (Å²) in [5.41, 5.74) is -1.29. The van der Waals surface area contributed by atoms with Crippen LogP contribution in [-0.2, 0) is 4.79 Å². The third-order valence-corrected chi connectivity index (χ3v) is 1.86. The summed E-state index contributed by atoms with van der Waals surface area (Å²) in [5, 5.41) is 9.61. The summed E-state index contributed by atoms with van der Waals surface area (Å²) in [6.07, 6.45) is 0.469. The molecule has 1 N–H and O–H groups in total. The van der Waals surface area contributed by atoms with Crippen molar-refractivity contribution in [2.45, 2.75) is 39.7 Å². The minimum absolute atomic E-state index is 0.0506. The van der Waals surface area contributed by atoms with Gasteiger partial charge in [-0.3, -0.25) is 4.79 Å². The van der Waals surface area contributed by atoms with Gasteiger partial charge in [0.1, 0.15) is 0 Å². The predicted octanol–water partition coefficient (Wildman–Crippen LogP) is 1.26. The molecule has 0 aromatic rings. The van der Waals surface area contributed by atoms with Gasteiger partial charge in [-0.15, -0.1) is 0 Å². The fraction of sp³-hybridized carbons (Fsp3) is 0.900. The van der Waals surface area contributed by atoms with Gasteiger partial charge in [0.15, 0.2) is 0 Å². The number of carbonyl (C=O) groups is 1. The third-order valence-electron chi connectivity index (χ3n) is 1.86. The van der Waals surface area contributed by atoms with Crippen molar-refractivity contribution >= 4 is 5.91 Å². The van der Waals surface area contributed by atoms with Gasteiger partial charge in [-0.2, -0.15) is 0 Å². The summed E-state index contributed by atoms with van der Waals surface area (Å²) >= 11 is 0. The lowest BCUT2D eigenvalue weighted by Gasteiger charge is -2.32. The summed E-state index contributed by atoms with van der Waals surface area (Å²) in [4.78, 5) is 13.2. The highest BCUT2D eigenvalue weighted by molar-refractivity contribution is 5.81. The highest BCUT2D eigenvalue weighted by atomic mass is 16.3. The summed E-state index contributed by atoms with van der Waals surface area (Å²) < 4.78 is 0. The van der Waals surface area contributed by atoms with Gasteiger partial charge in [0.2, 0.25) is 5.91 Å². The molecule has 78 valence electrons. The van der Waals surface area contributed by atoms with E-state index >= 15 is 0 Å². The van der Waals surface area contributed by atoms with Crippen LogP contribution in [0.15, 0.2) is 0 Å². The summed E-state index contributed by atoms with van der Waals surface area (Å²) in [7, 11) is 3.46. The van der Waals surface area contributed by atoms with Crippen LogP contribution in [0.4, 0.5) is 0 Å². The van der Waals surface area contributed by atoms with E-state index in [-0.39, 0.29) is 5.91 Å². The maximum Gasteiger partial charge on any atom is 0.227 e. The lowest BCUT2D eigenvalue weighted by atomic mass is 9.81. The molecule has 0 heterocycles. The first-order valence-corrected chi connectivity index (χ1v) is 4.50. The Morgan fingerprint density at radius 2 is 1.62 bits per heavy atom. The van der Waals surface area contributed by atoms with Crippen molar-refractivity contribution in [1.82, 2.24) is 4.90 Å². The standard InChI is InChI=1S/C10H21NO2/c1-9(2,7-10(3,4)13)8(12)11(5)6/h13H,7H2,1-6H3. The zero-order chi connectivity index (χ0) is 10.9. The van der Waals surface area contributed by atoms with E-state index in [1.807, 2.05) is 13.8 Å². The maximum atomic E-state index is 11.7. The molecule has 0 rings (SSSR count). The van der Waals surface area contributed by atoms with Crippen LogP contribution in [0.2, 0.25) is 0 Å². The van der Waals surface area contributed by atoms with Crippen LogP contribution in [-0.4, -0.2) is 35.6 Å². The summed E-state index contributed by atoms with van der Waals surface area (Å²) in [6.45, 7) is 7.15. The molecule has 0 radical (unpaired) electrons. The quantitative estimate of drug-likeness (QED) is 0.722. The average Bonchev–Trinajstić information content (AvgIpc) is 1.80. The lowest BCUT2D eigenvalue weighted by molar-refractivity contribution is -0.140. The third kappa shape index (κ3) is 4.27. The Kier molecular flexibility index (Phi) is 3.50. The van der Waals surface area contributed by atoms with Crippen LogP contribution in [0.3, 0.4) is 0 Å². The SMILES string of the molecule is CN(C)C(=O)C(C)(C)CC(C)(C)O. The van der Waals surface area contributed by atoms with E-state index in [9.17, 15) is 9.90 Å². The Bertz CT molecular complexity index is 190. The monoisotopic (exact) mass is 187 g/mol. The Morgan fingerprint density at radius 1 is 1.23 bits per heavy atom. The Hall–Kier alpha value is -0.570. The van der Waals surface area contributed by atoms with E-state index in [4.69, 9.17) is 0 Å². The number of carbonyl (C=O) groups excluding carboxylic acids is 1. The van der Waals surface area contributed by atoms with Crippen LogP contribution in [0.5, 0.6) is 0 Å². The number of amides is 1. The Labute approximate surface area is 80.7 Å². The van der Waals surface area contributed by atoms with Gasteiger partial charge in [-0.25, -0.2) is 0 Å². The van der Waals surface area contributed by atoms with Gasteiger partial charge in [-0.1, -0.05) is 13.8 Å². The zero-order valence-electron chi connectivity index (χ0n) is 9.51. The maximum absolute atomic E-state index is 11.7. The highest BCUT2D eigenvalue weighted by Gasteiger charge is 2.34. The van der Waals surface area contributed by atoms with Crippen molar-refractivity contribution in [3.8, 4) is 0 Å². The molecule has 0 aliphatic heterocycles. The minimum atomic E-state index is -0.796. The van der Waals surface area contributed by atoms with Crippen LogP contribution in [0, 0.1) is 5.41 Å². The lowest BCUT2D eigenvalue weighted by Crippen LogP contribution is -2.40. The molecule has 0 spiro atoms. The number of hydrogen-bond donors (Lipinski definition) is 1. The van der Waals surface area contributed by atoms with Crippen LogP contribution in [0.1, 0.15) is 34.1 Å². The normalized spacial score (nSPS) is 12.8. The average molecular weight is 187 g/mol. The molecule has 0 unspecified atom stereocenters. The fourth-order valence-electron chi connectivity index (χ4n) is 1.76. The van der Waals surface area contributed by atoms with Crippen molar-refractivity contribution in [3.05, 3.63) is 0 Å². The van der Waals surface area contributed by atoms with Gasteiger partial charge in [-0.05, 0) is 20.3 Å². The molecule has 0 aromatic carbocycles. The van der Waals surface area contributed by atoms with E-state index in [1.165, 1.54) is 0 Å².